The van der Waals surface area contributed by atoms with E-state index >= 15 is 0 Å². The number of thiophene rings is 1. The Bertz CT molecular complexity index is 1050. The van der Waals surface area contributed by atoms with Gasteiger partial charge in [-0.1, -0.05) is 80.8 Å². The predicted octanol–water partition coefficient (Wildman–Crippen LogP) is 8.19. The second-order valence-electron chi connectivity index (χ2n) is 7.87. The molecule has 4 aromatic rings. The first-order valence-corrected chi connectivity index (χ1v) is 11.9. The van der Waals surface area contributed by atoms with E-state index in [2.05, 4.69) is 90.1 Å². The molecular weight excluding hydrogens is 382 g/mol. The van der Waals surface area contributed by atoms with Gasteiger partial charge in [0.1, 0.15) is 0 Å². The number of nitrogens with zero attached hydrogens (tertiary/aromatic N) is 1. The van der Waals surface area contributed by atoms with Crippen molar-refractivity contribution in [1.82, 2.24) is 4.98 Å². The second-order valence-corrected chi connectivity index (χ2v) is 8.79. The molecule has 0 bridgehead atoms. The van der Waals surface area contributed by atoms with Crippen molar-refractivity contribution in [2.45, 2.75) is 45.4 Å². The molecule has 0 saturated carbocycles. The van der Waals surface area contributed by atoms with Crippen molar-refractivity contribution < 1.29 is 0 Å². The number of aryl methyl sites for hydroxylation is 1. The summed E-state index contributed by atoms with van der Waals surface area (Å²) >= 11 is 1.85. The molecule has 0 spiro atoms. The molecule has 0 N–H and O–H groups in total. The van der Waals surface area contributed by atoms with Crippen LogP contribution in [0.5, 0.6) is 0 Å². The summed E-state index contributed by atoms with van der Waals surface area (Å²) < 4.78 is 0. The zero-order valence-electron chi connectivity index (χ0n) is 17.7. The predicted molar refractivity (Wildman–Crippen MR) is 130 cm³/mol. The molecule has 2 aromatic carbocycles. The van der Waals surface area contributed by atoms with Crippen LogP contribution in [0.25, 0.3) is 21.7 Å². The highest BCUT2D eigenvalue weighted by Gasteiger charge is 2.09. The average Bonchev–Trinajstić information content (AvgIpc) is 3.27. The molecule has 4 rings (SSSR count). The van der Waals surface area contributed by atoms with Gasteiger partial charge in [-0.05, 0) is 65.1 Å². The van der Waals surface area contributed by atoms with Gasteiger partial charge in [-0.15, -0.1) is 11.3 Å². The maximum Gasteiger partial charge on any atom is 0.0708 e. The third kappa shape index (κ3) is 5.25. The van der Waals surface area contributed by atoms with Gasteiger partial charge in [0.25, 0.3) is 0 Å². The molecule has 0 amide bonds. The zero-order valence-corrected chi connectivity index (χ0v) is 18.5. The number of hydrogen-bond donors (Lipinski definition) is 0. The summed E-state index contributed by atoms with van der Waals surface area (Å²) in [5.41, 5.74) is 7.65. The smallest absolute Gasteiger partial charge is 0.0708 e. The topological polar surface area (TPSA) is 12.9 Å². The van der Waals surface area contributed by atoms with Crippen molar-refractivity contribution in [3.05, 3.63) is 101 Å². The van der Waals surface area contributed by atoms with Crippen molar-refractivity contribution >= 4 is 11.3 Å². The Balaban J connectivity index is 1.49. The summed E-state index contributed by atoms with van der Waals surface area (Å²) in [5, 5.41) is 2.23. The van der Waals surface area contributed by atoms with Gasteiger partial charge in [-0.2, -0.15) is 0 Å². The number of rotatable bonds is 9. The molecular formula is C28H29NS. The summed E-state index contributed by atoms with van der Waals surface area (Å²) in [6.45, 7) is 2.27. The Morgan fingerprint density at radius 1 is 0.767 bits per heavy atom. The monoisotopic (exact) mass is 411 g/mol. The highest BCUT2D eigenvalue weighted by molar-refractivity contribution is 7.13. The maximum absolute atomic E-state index is 4.65. The molecule has 2 heterocycles. The second kappa shape index (κ2) is 10.4. The van der Waals surface area contributed by atoms with E-state index in [0.29, 0.717) is 0 Å². The van der Waals surface area contributed by atoms with E-state index in [1.807, 2.05) is 17.5 Å². The van der Waals surface area contributed by atoms with E-state index in [9.17, 15) is 0 Å². The molecule has 0 saturated heterocycles. The molecule has 30 heavy (non-hydrogen) atoms. The van der Waals surface area contributed by atoms with Crippen molar-refractivity contribution in [2.75, 3.05) is 0 Å². The molecule has 0 fully saturated rings. The Hall–Kier alpha value is -2.71. The average molecular weight is 412 g/mol. The fourth-order valence-corrected chi connectivity index (χ4v) is 4.84. The van der Waals surface area contributed by atoms with Crippen LogP contribution in [0.4, 0.5) is 0 Å². The van der Waals surface area contributed by atoms with Crippen molar-refractivity contribution in [1.29, 1.82) is 0 Å². The normalized spacial score (nSPS) is 11.0. The first-order chi connectivity index (χ1) is 14.8. The maximum atomic E-state index is 4.65. The van der Waals surface area contributed by atoms with E-state index < -0.39 is 0 Å². The molecule has 0 atom stereocenters. The fourth-order valence-electron chi connectivity index (χ4n) is 3.88. The first kappa shape index (κ1) is 20.6. The lowest BCUT2D eigenvalue weighted by Gasteiger charge is -2.08. The third-order valence-electron chi connectivity index (χ3n) is 5.57. The number of pyridine rings is 1. The van der Waals surface area contributed by atoms with E-state index in [-0.39, 0.29) is 0 Å². The quantitative estimate of drug-likeness (QED) is 0.253. The Morgan fingerprint density at radius 3 is 2.37 bits per heavy atom. The van der Waals surface area contributed by atoms with Crippen LogP contribution in [-0.2, 0) is 12.8 Å². The van der Waals surface area contributed by atoms with Gasteiger partial charge in [0.2, 0.25) is 0 Å². The third-order valence-corrected chi connectivity index (χ3v) is 6.58. The number of benzene rings is 2. The van der Waals surface area contributed by atoms with Crippen LogP contribution < -0.4 is 0 Å². The molecule has 1 nitrogen and oxygen atoms in total. The minimum absolute atomic E-state index is 0.963. The Morgan fingerprint density at radius 2 is 1.57 bits per heavy atom. The molecule has 2 heteroatoms. The molecule has 0 aliphatic rings. The first-order valence-electron chi connectivity index (χ1n) is 11.0. The number of aromatic nitrogens is 1. The van der Waals surface area contributed by atoms with Crippen molar-refractivity contribution in [3.63, 3.8) is 0 Å². The summed E-state index contributed by atoms with van der Waals surface area (Å²) in [4.78, 5) is 6.05. The Labute approximate surface area is 184 Å². The van der Waals surface area contributed by atoms with Gasteiger partial charge in [0.05, 0.1) is 5.69 Å². The SMILES string of the molecule is CCCCCCc1ccsc1-c1ccnc(-c2ccc(Cc3ccccc3)cc2)c1. The lowest BCUT2D eigenvalue weighted by molar-refractivity contribution is 0.668. The van der Waals surface area contributed by atoms with Crippen LogP contribution in [0.1, 0.15) is 49.3 Å². The summed E-state index contributed by atoms with van der Waals surface area (Å²) in [6.07, 6.45) is 9.30. The van der Waals surface area contributed by atoms with E-state index in [1.54, 1.807) is 0 Å². The number of hydrogen-bond acceptors (Lipinski definition) is 2. The van der Waals surface area contributed by atoms with Gasteiger partial charge in [-0.3, -0.25) is 4.98 Å². The summed E-state index contributed by atoms with van der Waals surface area (Å²) in [5.74, 6) is 0. The van der Waals surface area contributed by atoms with E-state index in [4.69, 9.17) is 0 Å². The highest BCUT2D eigenvalue weighted by Crippen LogP contribution is 2.32. The van der Waals surface area contributed by atoms with Gasteiger partial charge >= 0.3 is 0 Å². The lowest BCUT2D eigenvalue weighted by Crippen LogP contribution is -1.90. The van der Waals surface area contributed by atoms with Crippen LogP contribution in [0.15, 0.2) is 84.4 Å². The van der Waals surface area contributed by atoms with E-state index in [1.165, 1.54) is 64.8 Å². The van der Waals surface area contributed by atoms with Crippen LogP contribution in [-0.4, -0.2) is 4.98 Å². The minimum atomic E-state index is 0.963. The van der Waals surface area contributed by atoms with Crippen molar-refractivity contribution in [3.8, 4) is 21.7 Å². The molecule has 0 radical (unpaired) electrons. The zero-order chi connectivity index (χ0) is 20.6. The van der Waals surface area contributed by atoms with Gasteiger partial charge in [0, 0.05) is 16.6 Å². The summed E-state index contributed by atoms with van der Waals surface area (Å²) in [6, 6.07) is 26.2. The van der Waals surface area contributed by atoms with Gasteiger partial charge < -0.3 is 0 Å². The lowest BCUT2D eigenvalue weighted by atomic mass is 10.0. The largest absolute Gasteiger partial charge is 0.256 e. The van der Waals surface area contributed by atoms with Crippen LogP contribution in [0, 0.1) is 0 Å². The molecule has 2 aromatic heterocycles. The highest BCUT2D eigenvalue weighted by atomic mass is 32.1. The minimum Gasteiger partial charge on any atom is -0.256 e. The van der Waals surface area contributed by atoms with Crippen LogP contribution in [0.3, 0.4) is 0 Å². The fraction of sp³-hybridized carbons (Fsp3) is 0.250. The van der Waals surface area contributed by atoms with Crippen molar-refractivity contribution in [2.24, 2.45) is 0 Å². The Kier molecular flexibility index (Phi) is 7.10. The van der Waals surface area contributed by atoms with Crippen LogP contribution >= 0.6 is 11.3 Å². The standard InChI is InChI=1S/C28H29NS/c1-2-3-4-8-11-25-17-19-30-28(25)26-16-18-29-27(21-26)24-14-12-23(13-15-24)20-22-9-6-5-7-10-22/h5-7,9-10,12-19,21H,2-4,8,11,20H2,1H3. The molecule has 0 unspecified atom stereocenters. The van der Waals surface area contributed by atoms with Crippen LogP contribution in [0.2, 0.25) is 0 Å². The molecule has 0 aliphatic heterocycles. The van der Waals surface area contributed by atoms with Gasteiger partial charge in [0.15, 0.2) is 0 Å². The van der Waals surface area contributed by atoms with E-state index in [0.717, 1.165) is 12.1 Å². The summed E-state index contributed by atoms with van der Waals surface area (Å²) in [7, 11) is 0. The molecule has 0 aliphatic carbocycles. The number of unbranched alkanes of at least 4 members (excludes halogenated alkanes) is 3. The molecule has 152 valence electrons. The van der Waals surface area contributed by atoms with Gasteiger partial charge in [-0.25, -0.2) is 0 Å².